The molecule has 3 amide bonds. The molecule has 1 aromatic heterocycles. The van der Waals surface area contributed by atoms with E-state index in [0.717, 1.165) is 68.3 Å². The van der Waals surface area contributed by atoms with Crippen molar-refractivity contribution in [2.24, 2.45) is 0 Å². The van der Waals surface area contributed by atoms with Crippen molar-refractivity contribution in [3.63, 3.8) is 0 Å². The van der Waals surface area contributed by atoms with Gasteiger partial charge in [0.1, 0.15) is 5.75 Å². The molecule has 1 saturated heterocycles. The molecule has 4 aromatic carbocycles. The van der Waals surface area contributed by atoms with Gasteiger partial charge in [0.25, 0.3) is 27.7 Å². The van der Waals surface area contributed by atoms with E-state index in [1.807, 2.05) is 42.5 Å². The summed E-state index contributed by atoms with van der Waals surface area (Å²) in [4.78, 5) is 48.3. The first-order valence-electron chi connectivity index (χ1n) is 22.0. The number of halogens is 1. The average molecular weight is 882 g/mol. The van der Waals surface area contributed by atoms with Gasteiger partial charge in [-0.25, -0.2) is 17.8 Å². The third-order valence-electron chi connectivity index (χ3n) is 11.9. The molecule has 1 fully saturated rings. The first kappa shape index (κ1) is 44.8. The third kappa shape index (κ3) is 10.3. The molecule has 62 heavy (non-hydrogen) atoms. The molecule has 2 aliphatic rings. The highest BCUT2D eigenvalue weighted by Crippen LogP contribution is 2.30. The number of ether oxygens (including phenoxy) is 1. The Kier molecular flexibility index (Phi) is 14.7. The van der Waals surface area contributed by atoms with Gasteiger partial charge < -0.3 is 19.4 Å². The van der Waals surface area contributed by atoms with Crippen LogP contribution in [0.25, 0.3) is 16.5 Å². The Morgan fingerprint density at radius 1 is 0.839 bits per heavy atom. The third-order valence-corrected chi connectivity index (χ3v) is 13.7. The molecule has 12 nitrogen and oxygen atoms in total. The Labute approximate surface area is 370 Å². The van der Waals surface area contributed by atoms with Crippen LogP contribution in [0.1, 0.15) is 113 Å². The molecule has 328 valence electrons. The van der Waals surface area contributed by atoms with Crippen LogP contribution in [0.15, 0.2) is 83.8 Å². The summed E-state index contributed by atoms with van der Waals surface area (Å²) in [6, 6.07) is 22.6. The van der Waals surface area contributed by atoms with E-state index in [1.165, 1.54) is 48.2 Å². The smallest absolute Gasteiger partial charge is 0.275 e. The highest BCUT2D eigenvalue weighted by Gasteiger charge is 2.30. The highest BCUT2D eigenvalue weighted by molar-refractivity contribution is 7.90. The van der Waals surface area contributed by atoms with Crippen LogP contribution >= 0.6 is 11.6 Å². The Bertz CT molecular complexity index is 2530. The van der Waals surface area contributed by atoms with Gasteiger partial charge in [-0.1, -0.05) is 81.1 Å². The van der Waals surface area contributed by atoms with Gasteiger partial charge in [-0.2, -0.15) is 5.10 Å². The minimum absolute atomic E-state index is 0.0448. The number of hydrogen-bond acceptors (Lipinski definition) is 8. The molecular formula is C48H57ClN6O6S. The maximum absolute atomic E-state index is 14.6. The van der Waals surface area contributed by atoms with Crippen LogP contribution in [-0.2, 0) is 23.0 Å². The van der Waals surface area contributed by atoms with Gasteiger partial charge >= 0.3 is 0 Å². The summed E-state index contributed by atoms with van der Waals surface area (Å²) in [7, 11) is -4.35. The molecule has 0 atom stereocenters. The topological polar surface area (TPSA) is 134 Å². The molecule has 0 aliphatic carbocycles. The number of rotatable bonds is 17. The Morgan fingerprint density at radius 3 is 2.31 bits per heavy atom. The number of likely N-dealkylation sites (tertiary alicyclic amines) is 1. The number of piperidine rings is 1. The summed E-state index contributed by atoms with van der Waals surface area (Å²) >= 11 is 6.85. The molecule has 7 rings (SSSR count). The lowest BCUT2D eigenvalue weighted by atomic mass is 9.98. The molecule has 3 heterocycles. The van der Waals surface area contributed by atoms with Crippen molar-refractivity contribution in [3.05, 3.63) is 118 Å². The zero-order valence-corrected chi connectivity index (χ0v) is 37.6. The van der Waals surface area contributed by atoms with Gasteiger partial charge in [-0.05, 0) is 123 Å². The molecular weight excluding hydrogens is 824 g/mol. The fourth-order valence-electron chi connectivity index (χ4n) is 8.25. The zero-order valence-electron chi connectivity index (χ0n) is 36.0. The number of aromatic nitrogens is 2. The maximum atomic E-state index is 14.6. The van der Waals surface area contributed by atoms with Crippen molar-refractivity contribution in [3.8, 4) is 11.4 Å². The van der Waals surface area contributed by atoms with Gasteiger partial charge in [0.05, 0.1) is 33.5 Å². The summed E-state index contributed by atoms with van der Waals surface area (Å²) < 4.78 is 37.3. The number of hydrogen-bond donors (Lipinski definition) is 1. The van der Waals surface area contributed by atoms with E-state index in [0.29, 0.717) is 61.7 Å². The van der Waals surface area contributed by atoms with E-state index in [9.17, 15) is 22.8 Å². The molecule has 0 bridgehead atoms. The van der Waals surface area contributed by atoms with Crippen LogP contribution < -0.4 is 9.46 Å². The lowest BCUT2D eigenvalue weighted by Crippen LogP contribution is -2.37. The van der Waals surface area contributed by atoms with E-state index in [4.69, 9.17) is 21.4 Å². The van der Waals surface area contributed by atoms with E-state index in [2.05, 4.69) is 23.5 Å². The van der Waals surface area contributed by atoms with Crippen LogP contribution in [-0.4, -0.2) is 96.5 Å². The minimum Gasteiger partial charge on any atom is -0.494 e. The molecule has 2 aliphatic heterocycles. The summed E-state index contributed by atoms with van der Waals surface area (Å²) in [6.45, 7) is 11.6. The summed E-state index contributed by atoms with van der Waals surface area (Å²) in [5, 5.41) is 6.35. The number of carbonyl (C=O) groups is 3. The number of fused-ring (bicyclic) bond motifs is 2. The van der Waals surface area contributed by atoms with Crippen molar-refractivity contribution in [1.29, 1.82) is 0 Å². The van der Waals surface area contributed by atoms with E-state index >= 15 is 0 Å². The Hall–Kier alpha value is -5.24. The van der Waals surface area contributed by atoms with Crippen LogP contribution in [0.5, 0.6) is 5.75 Å². The van der Waals surface area contributed by atoms with Crippen LogP contribution in [0, 0.1) is 6.92 Å². The second-order valence-corrected chi connectivity index (χ2v) is 18.4. The number of carbonyl (C=O) groups excluding carboxylic acids is 3. The van der Waals surface area contributed by atoms with Crippen molar-refractivity contribution in [2.75, 3.05) is 45.9 Å². The predicted molar refractivity (Wildman–Crippen MR) is 243 cm³/mol. The summed E-state index contributed by atoms with van der Waals surface area (Å²) in [5.74, 6) is -0.938. The summed E-state index contributed by atoms with van der Waals surface area (Å²) in [5.41, 5.74) is 3.07. The second-order valence-electron chi connectivity index (χ2n) is 16.3. The lowest BCUT2D eigenvalue weighted by Gasteiger charge is -2.29. The van der Waals surface area contributed by atoms with Crippen LogP contribution in [0.4, 0.5) is 0 Å². The SMILES string of the molecule is CCCCN(CCCC)C(=O)c1nn(-c2ccc(C(=O)NS(=O)(=O)c3ccc4ccc(OCCCN5CCCCC5)cc4c3)cc2C(=O)N2CCc3ccccc3C2)c(C)c1Cl. The average Bonchev–Trinajstić information content (AvgIpc) is 3.59. The summed E-state index contributed by atoms with van der Waals surface area (Å²) in [6.07, 6.45) is 8.81. The van der Waals surface area contributed by atoms with Crippen molar-refractivity contribution in [2.45, 2.75) is 90.0 Å². The number of nitrogens with zero attached hydrogens (tertiary/aromatic N) is 5. The lowest BCUT2D eigenvalue weighted by molar-refractivity contribution is 0.0732. The number of nitrogens with one attached hydrogen (secondary N) is 1. The first-order chi connectivity index (χ1) is 30.0. The van der Waals surface area contributed by atoms with Gasteiger partial charge in [0.2, 0.25) is 0 Å². The fourth-order valence-corrected chi connectivity index (χ4v) is 9.46. The molecule has 14 heteroatoms. The number of sulfonamides is 1. The first-order valence-corrected chi connectivity index (χ1v) is 23.8. The van der Waals surface area contributed by atoms with Crippen LogP contribution in [0.2, 0.25) is 5.02 Å². The van der Waals surface area contributed by atoms with Crippen LogP contribution in [0.3, 0.4) is 0 Å². The van der Waals surface area contributed by atoms with Crippen molar-refractivity contribution >= 4 is 50.1 Å². The molecule has 0 radical (unpaired) electrons. The highest BCUT2D eigenvalue weighted by atomic mass is 35.5. The Balaban J connectivity index is 1.15. The fraction of sp³-hybridized carbons (Fsp3) is 0.417. The monoisotopic (exact) mass is 880 g/mol. The van der Waals surface area contributed by atoms with Crippen molar-refractivity contribution in [1.82, 2.24) is 29.2 Å². The zero-order chi connectivity index (χ0) is 43.8. The van der Waals surface area contributed by atoms with Gasteiger partial charge in [-0.3, -0.25) is 14.4 Å². The standard InChI is InChI=1S/C48H57ClN6O6S/c1-4-6-26-53(27-7-5-2)48(58)45-44(49)34(3)55(50-45)43-21-18-37(32-42(43)47(57)54-28-22-35-14-9-10-15-38(35)33-54)46(56)51-62(59,60)41-20-17-36-16-19-40(30-39(36)31-41)61-29-13-25-52-23-11-8-12-24-52/h9-10,14-21,30-32H,4-8,11-13,22-29,33H2,1-3H3,(H,51,56). The second kappa shape index (κ2) is 20.3. The van der Waals surface area contributed by atoms with Crippen molar-refractivity contribution < 1.29 is 27.5 Å². The van der Waals surface area contributed by atoms with E-state index in [1.54, 1.807) is 28.9 Å². The molecule has 0 saturated carbocycles. The molecule has 1 N–H and O–H groups in total. The van der Waals surface area contributed by atoms with Gasteiger partial charge in [0, 0.05) is 38.3 Å². The minimum atomic E-state index is -4.35. The van der Waals surface area contributed by atoms with E-state index in [-0.39, 0.29) is 38.6 Å². The molecule has 0 spiro atoms. The molecule has 0 unspecified atom stereocenters. The van der Waals surface area contributed by atoms with Gasteiger partial charge in [-0.15, -0.1) is 0 Å². The largest absolute Gasteiger partial charge is 0.494 e. The number of unbranched alkanes of at least 4 members (excludes halogenated alkanes) is 2. The number of benzene rings is 4. The quantitative estimate of drug-likeness (QED) is 0.0919. The predicted octanol–water partition coefficient (Wildman–Crippen LogP) is 8.60. The maximum Gasteiger partial charge on any atom is 0.275 e. The number of amides is 3. The molecule has 5 aromatic rings. The van der Waals surface area contributed by atoms with E-state index < -0.39 is 15.9 Å². The van der Waals surface area contributed by atoms with Gasteiger partial charge in [0.15, 0.2) is 5.69 Å². The normalized spacial score (nSPS) is 14.4. The Morgan fingerprint density at radius 2 is 1.56 bits per heavy atom.